The molecule has 0 aliphatic rings. The summed E-state index contributed by atoms with van der Waals surface area (Å²) in [5.74, 6) is 2.65. The van der Waals surface area contributed by atoms with Gasteiger partial charge in [0.2, 0.25) is 5.95 Å². The number of anilines is 3. The Morgan fingerprint density at radius 3 is 2.43 bits per heavy atom. The lowest BCUT2D eigenvalue weighted by atomic mass is 10.1. The zero-order valence-electron chi connectivity index (χ0n) is 17.3. The number of para-hydroxylation sites is 1. The Balaban J connectivity index is 1.67. The molecule has 6 heteroatoms. The average Bonchev–Trinajstić information content (AvgIpc) is 2.78. The number of rotatable bonds is 7. The number of methoxy groups -OCH3 is 2. The molecule has 6 nitrogen and oxygen atoms in total. The van der Waals surface area contributed by atoms with Crippen LogP contribution in [-0.4, -0.2) is 24.2 Å². The number of hydrogen-bond donors (Lipinski definition) is 2. The summed E-state index contributed by atoms with van der Waals surface area (Å²) in [4.78, 5) is 9.40. The number of ether oxygens (including phenoxy) is 2. The molecule has 0 aliphatic carbocycles. The highest BCUT2D eigenvalue weighted by molar-refractivity contribution is 5.90. The fourth-order valence-corrected chi connectivity index (χ4v) is 3.19. The highest BCUT2D eigenvalue weighted by Crippen LogP contribution is 2.32. The Labute approximate surface area is 175 Å². The molecule has 3 aromatic carbocycles. The van der Waals surface area contributed by atoms with Gasteiger partial charge in [0.25, 0.3) is 0 Å². The summed E-state index contributed by atoms with van der Waals surface area (Å²) in [7, 11) is 3.26. The van der Waals surface area contributed by atoms with E-state index in [4.69, 9.17) is 14.5 Å². The highest BCUT2D eigenvalue weighted by atomic mass is 16.5. The third kappa shape index (κ3) is 4.27. The van der Waals surface area contributed by atoms with Crippen LogP contribution in [0.2, 0.25) is 0 Å². The molecule has 2 N–H and O–H groups in total. The van der Waals surface area contributed by atoms with Crippen LogP contribution in [0, 0.1) is 6.92 Å². The number of nitrogens with one attached hydrogen (secondary N) is 2. The summed E-state index contributed by atoms with van der Waals surface area (Å²) in [5, 5.41) is 7.69. The Morgan fingerprint density at radius 2 is 1.67 bits per heavy atom. The lowest BCUT2D eigenvalue weighted by Gasteiger charge is -2.14. The van der Waals surface area contributed by atoms with Crippen molar-refractivity contribution in [2.24, 2.45) is 0 Å². The summed E-state index contributed by atoms with van der Waals surface area (Å²) in [5.41, 5.74) is 4.01. The van der Waals surface area contributed by atoms with E-state index in [1.54, 1.807) is 14.2 Å². The van der Waals surface area contributed by atoms with E-state index in [-0.39, 0.29) is 0 Å². The van der Waals surface area contributed by atoms with Gasteiger partial charge in [-0.15, -0.1) is 0 Å². The molecule has 0 aliphatic heterocycles. The average molecular weight is 400 g/mol. The first-order valence-corrected chi connectivity index (χ1v) is 9.71. The molecule has 1 heterocycles. The maximum Gasteiger partial charge on any atom is 0.229 e. The van der Waals surface area contributed by atoms with Crippen LogP contribution in [-0.2, 0) is 6.54 Å². The molecule has 0 radical (unpaired) electrons. The second-order valence-electron chi connectivity index (χ2n) is 6.94. The lowest BCUT2D eigenvalue weighted by Crippen LogP contribution is -2.06. The second-order valence-corrected chi connectivity index (χ2v) is 6.94. The Bertz CT molecular complexity index is 1160. The maximum atomic E-state index is 5.46. The van der Waals surface area contributed by atoms with Crippen molar-refractivity contribution in [3.8, 4) is 11.5 Å². The van der Waals surface area contributed by atoms with Crippen molar-refractivity contribution in [1.82, 2.24) is 9.97 Å². The smallest absolute Gasteiger partial charge is 0.229 e. The molecule has 4 rings (SSSR count). The number of benzene rings is 3. The highest BCUT2D eigenvalue weighted by Gasteiger charge is 2.11. The number of aryl methyl sites for hydroxylation is 1. The summed E-state index contributed by atoms with van der Waals surface area (Å²) in [6, 6.07) is 21.9. The van der Waals surface area contributed by atoms with Crippen molar-refractivity contribution in [2.75, 3.05) is 24.9 Å². The Morgan fingerprint density at radius 1 is 0.867 bits per heavy atom. The minimum Gasteiger partial charge on any atom is -0.497 e. The van der Waals surface area contributed by atoms with Crippen LogP contribution >= 0.6 is 0 Å². The molecule has 0 saturated carbocycles. The van der Waals surface area contributed by atoms with Crippen LogP contribution in [0.3, 0.4) is 0 Å². The number of fused-ring (bicyclic) bond motifs is 1. The molecule has 0 atom stereocenters. The predicted molar refractivity (Wildman–Crippen MR) is 121 cm³/mol. The van der Waals surface area contributed by atoms with E-state index in [1.807, 2.05) is 42.5 Å². The topological polar surface area (TPSA) is 68.3 Å². The minimum absolute atomic E-state index is 0.478. The van der Waals surface area contributed by atoms with Crippen LogP contribution in [0.1, 0.15) is 11.1 Å². The Kier molecular flexibility index (Phi) is 5.66. The largest absolute Gasteiger partial charge is 0.497 e. The van der Waals surface area contributed by atoms with Gasteiger partial charge in [0.15, 0.2) is 0 Å². The van der Waals surface area contributed by atoms with E-state index >= 15 is 0 Å². The van der Waals surface area contributed by atoms with E-state index < -0.39 is 0 Å². The minimum atomic E-state index is 0.478. The molecule has 0 fully saturated rings. The standard InChI is InChI=1S/C24H24N4O2/c1-16-8-10-17(11-9-16)15-25-23-19-6-4-5-7-20(19)26-24(28-23)27-21-14-18(29-2)12-13-22(21)30-3/h4-14H,15H2,1-3H3,(H2,25,26,27,28). The summed E-state index contributed by atoms with van der Waals surface area (Å²) >= 11 is 0. The van der Waals surface area contributed by atoms with E-state index in [1.165, 1.54) is 11.1 Å². The van der Waals surface area contributed by atoms with Crippen molar-refractivity contribution in [3.63, 3.8) is 0 Å². The Hall–Kier alpha value is -3.80. The van der Waals surface area contributed by atoms with E-state index in [9.17, 15) is 0 Å². The van der Waals surface area contributed by atoms with Gasteiger partial charge in [-0.1, -0.05) is 42.0 Å². The fraction of sp³-hybridized carbons (Fsp3) is 0.167. The molecule has 4 aromatic rings. The summed E-state index contributed by atoms with van der Waals surface area (Å²) in [6.07, 6.45) is 0. The molecule has 0 unspecified atom stereocenters. The molecule has 0 bridgehead atoms. The van der Waals surface area contributed by atoms with Crippen LogP contribution in [0.5, 0.6) is 11.5 Å². The number of aromatic nitrogens is 2. The molecular weight excluding hydrogens is 376 g/mol. The van der Waals surface area contributed by atoms with Gasteiger partial charge in [-0.3, -0.25) is 0 Å². The van der Waals surface area contributed by atoms with Gasteiger partial charge in [0.05, 0.1) is 25.4 Å². The molecular formula is C24H24N4O2. The van der Waals surface area contributed by atoms with Crippen molar-refractivity contribution >= 4 is 28.4 Å². The van der Waals surface area contributed by atoms with E-state index in [0.29, 0.717) is 18.2 Å². The van der Waals surface area contributed by atoms with Crippen LogP contribution in [0.4, 0.5) is 17.5 Å². The van der Waals surface area contributed by atoms with Gasteiger partial charge in [0.1, 0.15) is 17.3 Å². The van der Waals surface area contributed by atoms with Gasteiger partial charge in [-0.2, -0.15) is 4.98 Å². The van der Waals surface area contributed by atoms with E-state index in [0.717, 1.165) is 28.2 Å². The van der Waals surface area contributed by atoms with Crippen molar-refractivity contribution in [3.05, 3.63) is 77.9 Å². The van der Waals surface area contributed by atoms with Gasteiger partial charge in [0, 0.05) is 18.0 Å². The molecule has 1 aromatic heterocycles. The van der Waals surface area contributed by atoms with Crippen molar-refractivity contribution in [1.29, 1.82) is 0 Å². The third-order valence-electron chi connectivity index (χ3n) is 4.84. The van der Waals surface area contributed by atoms with Crippen LogP contribution in [0.15, 0.2) is 66.7 Å². The normalized spacial score (nSPS) is 10.6. The molecule has 0 amide bonds. The zero-order valence-corrected chi connectivity index (χ0v) is 17.3. The first kappa shape index (κ1) is 19.5. The van der Waals surface area contributed by atoms with Gasteiger partial charge >= 0.3 is 0 Å². The number of hydrogen-bond acceptors (Lipinski definition) is 6. The summed E-state index contributed by atoms with van der Waals surface area (Å²) in [6.45, 7) is 2.75. The lowest BCUT2D eigenvalue weighted by molar-refractivity contribution is 0.405. The SMILES string of the molecule is COc1ccc(OC)c(Nc2nc(NCc3ccc(C)cc3)c3ccccc3n2)c1. The molecule has 152 valence electrons. The zero-order chi connectivity index (χ0) is 20.9. The fourth-order valence-electron chi connectivity index (χ4n) is 3.19. The van der Waals surface area contributed by atoms with Gasteiger partial charge in [-0.05, 0) is 36.8 Å². The van der Waals surface area contributed by atoms with Crippen molar-refractivity contribution < 1.29 is 9.47 Å². The van der Waals surface area contributed by atoms with Crippen LogP contribution < -0.4 is 20.1 Å². The molecule has 0 spiro atoms. The number of nitrogens with zero attached hydrogens (tertiary/aromatic N) is 2. The van der Waals surface area contributed by atoms with Crippen molar-refractivity contribution in [2.45, 2.75) is 13.5 Å². The van der Waals surface area contributed by atoms with Crippen LogP contribution in [0.25, 0.3) is 10.9 Å². The monoisotopic (exact) mass is 400 g/mol. The first-order valence-electron chi connectivity index (χ1n) is 9.71. The maximum absolute atomic E-state index is 5.46. The molecule has 0 saturated heterocycles. The van der Waals surface area contributed by atoms with Gasteiger partial charge in [-0.25, -0.2) is 4.98 Å². The second kappa shape index (κ2) is 8.69. The predicted octanol–water partition coefficient (Wildman–Crippen LogP) is 5.31. The quantitative estimate of drug-likeness (QED) is 0.438. The third-order valence-corrected chi connectivity index (χ3v) is 4.84. The van der Waals surface area contributed by atoms with Gasteiger partial charge < -0.3 is 20.1 Å². The summed E-state index contributed by atoms with van der Waals surface area (Å²) < 4.78 is 10.8. The van der Waals surface area contributed by atoms with E-state index in [2.05, 4.69) is 46.8 Å². The first-order chi connectivity index (χ1) is 14.7. The molecule has 30 heavy (non-hydrogen) atoms.